The van der Waals surface area contributed by atoms with Crippen LogP contribution in [0.1, 0.15) is 155 Å². The van der Waals surface area contributed by atoms with Gasteiger partial charge in [0.2, 0.25) is 0 Å². The lowest BCUT2D eigenvalue weighted by molar-refractivity contribution is -0.267. The number of nitrogen functional groups attached to an aromatic ring is 1. The topological polar surface area (TPSA) is 124 Å². The molecule has 268 valence electrons. The minimum atomic E-state index is -4.01. The molecule has 46 heavy (non-hydrogen) atoms. The molecule has 1 aromatic rings. The first-order valence-electron chi connectivity index (χ1n) is 18.2. The van der Waals surface area contributed by atoms with Gasteiger partial charge in [-0.1, -0.05) is 111 Å². The Morgan fingerprint density at radius 1 is 0.957 bits per heavy atom. The highest BCUT2D eigenvalue weighted by Gasteiger charge is 2.35. The molecule has 12 heteroatoms. The molecule has 2 N–H and O–H groups in total. The Morgan fingerprint density at radius 3 is 2.28 bits per heavy atom. The summed E-state index contributed by atoms with van der Waals surface area (Å²) in [6.07, 6.45) is 22.3. The van der Waals surface area contributed by atoms with Crippen LogP contribution < -0.4 is 11.4 Å². The zero-order chi connectivity index (χ0) is 33.5. The Morgan fingerprint density at radius 2 is 1.63 bits per heavy atom. The Balaban J connectivity index is 1.93. The maximum absolute atomic E-state index is 13.7. The van der Waals surface area contributed by atoms with Crippen LogP contribution in [0.5, 0.6) is 0 Å². The number of aromatic nitrogens is 2. The second kappa shape index (κ2) is 25.1. The lowest BCUT2D eigenvalue weighted by Crippen LogP contribution is -2.28. The van der Waals surface area contributed by atoms with Crippen molar-refractivity contribution in [1.82, 2.24) is 9.55 Å². The van der Waals surface area contributed by atoms with E-state index < -0.39 is 19.7 Å². The van der Waals surface area contributed by atoms with Gasteiger partial charge in [0.1, 0.15) is 12.0 Å². The first kappa shape index (κ1) is 41.2. The van der Waals surface area contributed by atoms with E-state index in [1.807, 2.05) is 6.92 Å². The molecule has 1 fully saturated rings. The van der Waals surface area contributed by atoms with Crippen molar-refractivity contribution in [3.8, 4) is 0 Å². The van der Waals surface area contributed by atoms with Gasteiger partial charge in [0.25, 0.3) is 0 Å². The van der Waals surface area contributed by atoms with Crippen LogP contribution in [-0.2, 0) is 27.9 Å². The number of hydrogen-bond acceptors (Lipinski definition) is 10. The maximum atomic E-state index is 13.7. The fourth-order valence-corrected chi connectivity index (χ4v) is 7.24. The molecule has 1 aliphatic heterocycles. The number of nitrogens with two attached hydrogens (primary N) is 1. The van der Waals surface area contributed by atoms with Crippen molar-refractivity contribution in [2.24, 2.45) is 5.92 Å². The van der Waals surface area contributed by atoms with Crippen molar-refractivity contribution in [2.75, 3.05) is 24.7 Å². The second-order valence-electron chi connectivity index (χ2n) is 12.8. The first-order valence-corrected chi connectivity index (χ1v) is 20.3. The molecule has 2 heterocycles. The van der Waals surface area contributed by atoms with E-state index in [4.69, 9.17) is 29.1 Å². The lowest BCUT2D eigenvalue weighted by Gasteiger charge is -2.25. The van der Waals surface area contributed by atoms with E-state index in [1.165, 1.54) is 75.2 Å². The van der Waals surface area contributed by atoms with E-state index in [1.54, 1.807) is 12.3 Å². The van der Waals surface area contributed by atoms with Gasteiger partial charge in [0, 0.05) is 6.20 Å². The number of ether oxygens (including phenoxy) is 1. The highest BCUT2D eigenvalue weighted by atomic mass is 32.1. The molecule has 5 atom stereocenters. The SMILES string of the molecule is CCCCCCCCCC(CC)CC(CCCCCCCCS)OOP(=O)(OCCC)OC[C@@H]1CC[C@H](n2ccc(N)nc2=O)O1. The molecule has 0 aromatic carbocycles. The summed E-state index contributed by atoms with van der Waals surface area (Å²) >= 11 is 4.32. The third-order valence-electron chi connectivity index (χ3n) is 8.71. The number of nitrogens with zero attached hydrogens (tertiary/aromatic N) is 2. The van der Waals surface area contributed by atoms with Gasteiger partial charge in [-0.2, -0.15) is 17.6 Å². The zero-order valence-corrected chi connectivity index (χ0v) is 30.7. The molecule has 1 aliphatic rings. The van der Waals surface area contributed by atoms with Crippen molar-refractivity contribution in [2.45, 2.75) is 168 Å². The number of unbranched alkanes of at least 4 members (excludes halogenated alkanes) is 11. The van der Waals surface area contributed by atoms with Gasteiger partial charge in [-0.3, -0.25) is 13.6 Å². The van der Waals surface area contributed by atoms with Crippen LogP contribution in [0.2, 0.25) is 0 Å². The predicted octanol–water partition coefficient (Wildman–Crippen LogP) is 9.59. The van der Waals surface area contributed by atoms with Gasteiger partial charge in [-0.25, -0.2) is 14.2 Å². The minimum absolute atomic E-state index is 0.00913. The molecule has 0 saturated carbocycles. The van der Waals surface area contributed by atoms with Crippen LogP contribution >= 0.6 is 20.5 Å². The Hall–Kier alpha value is -0.940. The highest BCUT2D eigenvalue weighted by Crippen LogP contribution is 2.51. The largest absolute Gasteiger partial charge is 0.502 e. The van der Waals surface area contributed by atoms with Crippen LogP contribution in [0.4, 0.5) is 5.82 Å². The molecule has 2 rings (SSSR count). The summed E-state index contributed by atoms with van der Waals surface area (Å²) in [6, 6.07) is 1.56. The fraction of sp³-hybridized carbons (Fsp3) is 0.882. The van der Waals surface area contributed by atoms with E-state index in [0.29, 0.717) is 25.2 Å². The number of rotatable bonds is 29. The average molecular weight is 690 g/mol. The molecule has 1 saturated heterocycles. The Bertz CT molecular complexity index is 1020. The number of thiol groups is 1. The molecule has 1 aromatic heterocycles. The standard InChI is InChI=1S/C34H64N3O7PS/c1-4-7-8-9-10-13-16-19-29(6-3)27-30(20-17-14-11-12-15-18-26-46)43-44-45(39,40-25-5-2)41-28-31-21-22-33(42-31)37-24-23-32(35)36-34(37)38/h23-24,29-31,33,46H,4-22,25-28H2,1-3H3,(H2,35,36,38)/t29?,30?,31-,33+,45?/m0/s1. The molecule has 0 bridgehead atoms. The Kier molecular flexibility index (Phi) is 22.5. The normalized spacial score (nSPS) is 19.3. The van der Waals surface area contributed by atoms with Gasteiger partial charge < -0.3 is 10.5 Å². The van der Waals surface area contributed by atoms with E-state index in [-0.39, 0.29) is 31.2 Å². The van der Waals surface area contributed by atoms with E-state index >= 15 is 0 Å². The smallest absolute Gasteiger partial charge is 0.383 e. The second-order valence-corrected chi connectivity index (χ2v) is 14.8. The Labute approximate surface area is 284 Å². The molecule has 0 amide bonds. The van der Waals surface area contributed by atoms with E-state index in [0.717, 1.165) is 44.3 Å². The summed E-state index contributed by atoms with van der Waals surface area (Å²) in [6.45, 7) is 6.64. The minimum Gasteiger partial charge on any atom is -0.383 e. The van der Waals surface area contributed by atoms with Crippen LogP contribution in [0.15, 0.2) is 17.1 Å². The average Bonchev–Trinajstić information content (AvgIpc) is 3.52. The van der Waals surface area contributed by atoms with Crippen molar-refractivity contribution in [1.29, 1.82) is 0 Å². The summed E-state index contributed by atoms with van der Waals surface area (Å²) in [5.74, 6) is 1.63. The lowest BCUT2D eigenvalue weighted by atomic mass is 9.90. The third-order valence-corrected chi connectivity index (χ3v) is 10.3. The summed E-state index contributed by atoms with van der Waals surface area (Å²) in [7, 11) is -4.01. The van der Waals surface area contributed by atoms with Crippen molar-refractivity contribution < 1.29 is 27.9 Å². The number of phosphoric ester groups is 1. The molecule has 10 nitrogen and oxygen atoms in total. The monoisotopic (exact) mass is 689 g/mol. The summed E-state index contributed by atoms with van der Waals surface area (Å²) in [5, 5.41) is 0. The zero-order valence-electron chi connectivity index (χ0n) is 29.0. The summed E-state index contributed by atoms with van der Waals surface area (Å²) < 4.78 is 38.1. The molecular formula is C34H64N3O7PS. The summed E-state index contributed by atoms with van der Waals surface area (Å²) in [5.41, 5.74) is 5.15. The van der Waals surface area contributed by atoms with E-state index in [2.05, 4.69) is 31.5 Å². The van der Waals surface area contributed by atoms with Gasteiger partial charge in [-0.15, -0.1) is 4.67 Å². The predicted molar refractivity (Wildman–Crippen MR) is 189 cm³/mol. The molecular weight excluding hydrogens is 625 g/mol. The number of phosphoric acid groups is 1. The highest BCUT2D eigenvalue weighted by molar-refractivity contribution is 7.80. The maximum Gasteiger partial charge on any atom is 0.502 e. The fourth-order valence-electron chi connectivity index (χ4n) is 5.88. The molecule has 0 spiro atoms. The molecule has 0 radical (unpaired) electrons. The summed E-state index contributed by atoms with van der Waals surface area (Å²) in [4.78, 5) is 22.0. The third kappa shape index (κ3) is 17.5. The molecule has 3 unspecified atom stereocenters. The van der Waals surface area contributed by atoms with Gasteiger partial charge >= 0.3 is 13.5 Å². The number of hydrogen-bond donors (Lipinski definition) is 2. The van der Waals surface area contributed by atoms with Crippen molar-refractivity contribution in [3.05, 3.63) is 22.7 Å². The van der Waals surface area contributed by atoms with Crippen molar-refractivity contribution in [3.63, 3.8) is 0 Å². The van der Waals surface area contributed by atoms with Crippen LogP contribution in [0.3, 0.4) is 0 Å². The van der Waals surface area contributed by atoms with Gasteiger partial charge in [0.15, 0.2) is 0 Å². The van der Waals surface area contributed by atoms with Crippen molar-refractivity contribution >= 4 is 26.3 Å². The van der Waals surface area contributed by atoms with Gasteiger partial charge in [-0.05, 0) is 56.3 Å². The van der Waals surface area contributed by atoms with Crippen LogP contribution in [0, 0.1) is 5.92 Å². The molecule has 0 aliphatic carbocycles. The van der Waals surface area contributed by atoms with Gasteiger partial charge in [0.05, 0.1) is 25.4 Å². The quantitative estimate of drug-likeness (QED) is 0.0278. The van der Waals surface area contributed by atoms with E-state index in [9.17, 15) is 9.36 Å². The first-order chi connectivity index (χ1) is 22.3. The van der Waals surface area contributed by atoms with Crippen LogP contribution in [0.25, 0.3) is 0 Å². The van der Waals surface area contributed by atoms with Crippen LogP contribution in [-0.4, -0.2) is 40.7 Å². The number of anilines is 1.